The number of rotatable bonds is 6. The van der Waals surface area contributed by atoms with Crippen LogP contribution in [0.3, 0.4) is 0 Å². The van der Waals surface area contributed by atoms with Crippen molar-refractivity contribution in [3.8, 4) is 0 Å². The maximum atomic E-state index is 11.8. The van der Waals surface area contributed by atoms with Crippen molar-refractivity contribution in [3.05, 3.63) is 0 Å². The molecule has 16 heavy (non-hydrogen) atoms. The third-order valence-corrected chi connectivity index (χ3v) is 4.03. The van der Waals surface area contributed by atoms with Gasteiger partial charge in [-0.3, -0.25) is 0 Å². The molecule has 4 heteroatoms. The monoisotopic (exact) mass is 249 g/mol. The molecule has 0 aromatic rings. The number of hydrogen-bond donors (Lipinski definition) is 0. The zero-order valence-corrected chi connectivity index (χ0v) is 12.6. The van der Waals surface area contributed by atoms with E-state index in [9.17, 15) is 4.57 Å². The Morgan fingerprint density at radius 3 is 2.06 bits per heavy atom. The van der Waals surface area contributed by atoms with Gasteiger partial charge >= 0.3 is 8.03 Å². The fourth-order valence-electron chi connectivity index (χ4n) is 1.11. The third kappa shape index (κ3) is 6.57. The first-order valence-electron chi connectivity index (χ1n) is 5.86. The van der Waals surface area contributed by atoms with Crippen LogP contribution in [0.2, 0.25) is 0 Å². The normalized spacial score (nSPS) is 16.1. The Morgan fingerprint density at radius 1 is 1.19 bits per heavy atom. The zero-order valence-electron chi connectivity index (χ0n) is 11.7. The summed E-state index contributed by atoms with van der Waals surface area (Å²) in [7, 11) is -1.63. The summed E-state index contributed by atoms with van der Waals surface area (Å²) >= 11 is 0. The average molecular weight is 249 g/mol. The molecule has 0 fully saturated rings. The summed E-state index contributed by atoms with van der Waals surface area (Å²) in [6, 6.07) is 0. The van der Waals surface area contributed by atoms with Crippen LogP contribution in [-0.2, 0) is 13.8 Å². The molecule has 0 heterocycles. The largest absolute Gasteiger partial charge is 0.513 e. The van der Waals surface area contributed by atoms with Crippen LogP contribution in [0.5, 0.6) is 0 Å². The summed E-state index contributed by atoms with van der Waals surface area (Å²) in [4.78, 5) is 0. The Kier molecular flexibility index (Phi) is 6.10. The lowest BCUT2D eigenvalue weighted by Gasteiger charge is -2.23. The Bertz CT molecular complexity index is 231. The van der Waals surface area contributed by atoms with Crippen molar-refractivity contribution in [2.75, 3.05) is 6.61 Å². The van der Waals surface area contributed by atoms with E-state index in [0.29, 0.717) is 6.61 Å². The van der Waals surface area contributed by atoms with Crippen LogP contribution < -0.4 is 0 Å². The van der Waals surface area contributed by atoms with Crippen LogP contribution in [0.15, 0.2) is 0 Å². The molecular formula is C12H26O3P+. The molecule has 0 spiro atoms. The van der Waals surface area contributed by atoms with Crippen molar-refractivity contribution in [1.82, 2.24) is 0 Å². The van der Waals surface area contributed by atoms with Gasteiger partial charge in [-0.2, -0.15) is 0 Å². The molecule has 0 rings (SSSR count). The molecule has 0 aliphatic carbocycles. The highest BCUT2D eigenvalue weighted by Gasteiger charge is 2.40. The maximum absolute atomic E-state index is 11.8. The van der Waals surface area contributed by atoms with E-state index in [1.807, 2.05) is 48.5 Å². The van der Waals surface area contributed by atoms with Crippen LogP contribution in [0, 0.1) is 0 Å². The lowest BCUT2D eigenvalue weighted by atomic mass is 10.1. The molecule has 0 saturated carbocycles. The molecule has 96 valence electrons. The van der Waals surface area contributed by atoms with Gasteiger partial charge in [-0.25, -0.2) is 0 Å². The Balaban J connectivity index is 4.02. The first kappa shape index (κ1) is 16.0. The molecule has 0 aromatic carbocycles. The van der Waals surface area contributed by atoms with Crippen molar-refractivity contribution >= 4 is 8.03 Å². The van der Waals surface area contributed by atoms with E-state index in [0.717, 1.165) is 6.42 Å². The first-order valence-corrected chi connectivity index (χ1v) is 7.04. The van der Waals surface area contributed by atoms with Gasteiger partial charge in [0.05, 0.1) is 11.7 Å². The second kappa shape index (κ2) is 6.09. The fourth-order valence-corrected chi connectivity index (χ4v) is 2.07. The molecule has 3 nitrogen and oxygen atoms in total. The van der Waals surface area contributed by atoms with Gasteiger partial charge in [-0.1, -0.05) is 6.92 Å². The van der Waals surface area contributed by atoms with Crippen LogP contribution >= 0.6 is 8.03 Å². The number of ether oxygens (including phenoxy) is 1. The Labute approximate surface area is 101 Å². The highest BCUT2D eigenvalue weighted by molar-refractivity contribution is 7.41. The van der Waals surface area contributed by atoms with Crippen molar-refractivity contribution < 1.29 is 13.8 Å². The molecule has 0 aliphatic rings. The average Bonchev–Trinajstić information content (AvgIpc) is 2.11. The molecule has 2 unspecified atom stereocenters. The van der Waals surface area contributed by atoms with Gasteiger partial charge in [0.25, 0.3) is 0 Å². The van der Waals surface area contributed by atoms with Crippen molar-refractivity contribution in [3.63, 3.8) is 0 Å². The van der Waals surface area contributed by atoms with Gasteiger partial charge in [-0.15, -0.1) is 4.52 Å². The SMILES string of the molecule is CCC(C)(C)[P+](=O)OCC(C)OC(C)(C)C. The Hall–Kier alpha value is 0.0200. The van der Waals surface area contributed by atoms with Gasteiger partial charge in [0.1, 0.15) is 6.61 Å². The minimum Gasteiger partial charge on any atom is -0.370 e. The summed E-state index contributed by atoms with van der Waals surface area (Å²) in [5.41, 5.74) is -0.186. The smallest absolute Gasteiger partial charge is 0.370 e. The summed E-state index contributed by atoms with van der Waals surface area (Å²) < 4.78 is 22.9. The number of hydrogen-bond acceptors (Lipinski definition) is 3. The fraction of sp³-hybridized carbons (Fsp3) is 1.00. The second-order valence-corrected chi connectivity index (χ2v) is 7.74. The van der Waals surface area contributed by atoms with E-state index < -0.39 is 8.03 Å². The molecule has 0 aliphatic heterocycles. The second-order valence-electron chi connectivity index (χ2n) is 5.76. The van der Waals surface area contributed by atoms with E-state index in [1.54, 1.807) is 0 Å². The molecule has 0 bridgehead atoms. The van der Waals surface area contributed by atoms with E-state index in [-0.39, 0.29) is 16.9 Å². The Morgan fingerprint density at radius 2 is 1.69 bits per heavy atom. The summed E-state index contributed by atoms with van der Waals surface area (Å²) in [5, 5.41) is -0.253. The van der Waals surface area contributed by atoms with Gasteiger partial charge in [0.15, 0.2) is 5.16 Å². The van der Waals surface area contributed by atoms with E-state index >= 15 is 0 Å². The molecular weight excluding hydrogens is 223 g/mol. The highest BCUT2D eigenvalue weighted by Crippen LogP contribution is 2.42. The lowest BCUT2D eigenvalue weighted by Crippen LogP contribution is -2.28. The van der Waals surface area contributed by atoms with Crippen molar-refractivity contribution in [2.45, 2.75) is 71.7 Å². The molecule has 0 aromatic heterocycles. The minimum atomic E-state index is -1.63. The van der Waals surface area contributed by atoms with Gasteiger partial charge in [0, 0.05) is 0 Å². The zero-order chi connectivity index (χ0) is 13.0. The van der Waals surface area contributed by atoms with Crippen LogP contribution in [0.1, 0.15) is 54.9 Å². The summed E-state index contributed by atoms with van der Waals surface area (Å²) in [6.07, 6.45) is 0.808. The van der Waals surface area contributed by atoms with Crippen LogP contribution in [0.25, 0.3) is 0 Å². The molecule has 2 atom stereocenters. The van der Waals surface area contributed by atoms with Crippen LogP contribution in [0.4, 0.5) is 0 Å². The molecule has 0 radical (unpaired) electrons. The molecule has 0 N–H and O–H groups in total. The van der Waals surface area contributed by atoms with Crippen molar-refractivity contribution in [1.29, 1.82) is 0 Å². The van der Waals surface area contributed by atoms with E-state index in [2.05, 4.69) is 0 Å². The standard InChI is InChI=1S/C12H26O3P/c1-8-12(6,7)16(13)14-9-10(2)15-11(3,4)5/h10H,8-9H2,1-7H3/q+1. The van der Waals surface area contributed by atoms with E-state index in [4.69, 9.17) is 9.26 Å². The minimum absolute atomic E-state index is 0.0355. The topological polar surface area (TPSA) is 35.5 Å². The van der Waals surface area contributed by atoms with Crippen molar-refractivity contribution in [2.24, 2.45) is 0 Å². The van der Waals surface area contributed by atoms with Gasteiger partial charge < -0.3 is 4.74 Å². The predicted octanol–water partition coefficient (Wildman–Crippen LogP) is 4.14. The van der Waals surface area contributed by atoms with Crippen LogP contribution in [-0.4, -0.2) is 23.5 Å². The highest BCUT2D eigenvalue weighted by atomic mass is 31.1. The lowest BCUT2D eigenvalue weighted by molar-refractivity contribution is -0.0664. The first-order chi connectivity index (χ1) is 7.08. The van der Waals surface area contributed by atoms with E-state index in [1.165, 1.54) is 0 Å². The molecule has 0 saturated heterocycles. The maximum Gasteiger partial charge on any atom is 0.513 e. The van der Waals surface area contributed by atoms with Gasteiger partial charge in [0.2, 0.25) is 0 Å². The predicted molar refractivity (Wildman–Crippen MR) is 68.2 cm³/mol. The van der Waals surface area contributed by atoms with Gasteiger partial charge in [-0.05, 0) is 52.5 Å². The quantitative estimate of drug-likeness (QED) is 0.664. The summed E-state index contributed by atoms with van der Waals surface area (Å²) in [6.45, 7) is 14.3. The summed E-state index contributed by atoms with van der Waals surface area (Å²) in [5.74, 6) is 0. The molecule has 0 amide bonds. The third-order valence-electron chi connectivity index (χ3n) is 2.34.